The van der Waals surface area contributed by atoms with Gasteiger partial charge in [0, 0.05) is 13.1 Å². The van der Waals surface area contributed by atoms with Crippen LogP contribution in [-0.2, 0) is 4.79 Å². The molecule has 3 aromatic carbocycles. The Balaban J connectivity index is 1.68. The lowest BCUT2D eigenvalue weighted by molar-refractivity contribution is -0.130. The van der Waals surface area contributed by atoms with Gasteiger partial charge in [-0.15, -0.1) is 0 Å². The molecule has 4 rings (SSSR count). The van der Waals surface area contributed by atoms with Gasteiger partial charge in [0.1, 0.15) is 0 Å². The molecule has 26 heavy (non-hydrogen) atoms. The van der Waals surface area contributed by atoms with E-state index in [1.807, 2.05) is 41.3 Å². The molecule has 0 saturated carbocycles. The number of rotatable bonds is 4. The molecule has 0 bridgehead atoms. The summed E-state index contributed by atoms with van der Waals surface area (Å²) in [5.41, 5.74) is 4.50. The highest BCUT2D eigenvalue weighted by Crippen LogP contribution is 2.30. The maximum atomic E-state index is 13.2. The third kappa shape index (κ3) is 3.41. The standard InChI is InChI=1S/C24H23NO/c26-24(25-17-7-8-18-25)23(21-11-5-2-6-12-21)22-15-13-20(14-16-22)19-9-3-1-4-10-19/h1-6,9-16,23H,7-8,17-18H2. The SMILES string of the molecule is O=C(C(c1ccccc1)c1ccc(-c2ccccc2)cc1)N1CCCC1. The van der Waals surface area contributed by atoms with Crippen LogP contribution in [0.4, 0.5) is 0 Å². The summed E-state index contributed by atoms with van der Waals surface area (Å²) in [5, 5.41) is 0. The predicted octanol–water partition coefficient (Wildman–Crippen LogP) is 5.11. The Morgan fingerprint density at radius 2 is 1.15 bits per heavy atom. The predicted molar refractivity (Wildman–Crippen MR) is 106 cm³/mol. The first-order valence-electron chi connectivity index (χ1n) is 9.32. The number of carbonyl (C=O) groups excluding carboxylic acids is 1. The Bertz CT molecular complexity index is 850. The Kier molecular flexibility index (Phi) is 4.83. The molecule has 0 N–H and O–H groups in total. The maximum Gasteiger partial charge on any atom is 0.234 e. The van der Waals surface area contributed by atoms with Crippen LogP contribution in [0.1, 0.15) is 29.9 Å². The lowest BCUT2D eigenvalue weighted by atomic mass is 9.89. The number of amides is 1. The van der Waals surface area contributed by atoms with Gasteiger partial charge in [0.2, 0.25) is 5.91 Å². The van der Waals surface area contributed by atoms with Crippen LogP contribution < -0.4 is 0 Å². The average molecular weight is 341 g/mol. The molecule has 0 aromatic heterocycles. The summed E-state index contributed by atoms with van der Waals surface area (Å²) >= 11 is 0. The lowest BCUT2D eigenvalue weighted by Crippen LogP contribution is -2.33. The van der Waals surface area contributed by atoms with Gasteiger partial charge in [0.05, 0.1) is 5.92 Å². The number of benzene rings is 3. The van der Waals surface area contributed by atoms with Crippen molar-refractivity contribution in [1.82, 2.24) is 4.90 Å². The van der Waals surface area contributed by atoms with E-state index in [1.165, 1.54) is 11.1 Å². The van der Waals surface area contributed by atoms with Crippen LogP contribution in [0.5, 0.6) is 0 Å². The van der Waals surface area contributed by atoms with Crippen molar-refractivity contribution < 1.29 is 4.79 Å². The minimum absolute atomic E-state index is 0.223. The molecule has 1 heterocycles. The molecule has 3 aromatic rings. The zero-order valence-corrected chi connectivity index (χ0v) is 14.8. The fraction of sp³-hybridized carbons (Fsp3) is 0.208. The number of carbonyl (C=O) groups is 1. The normalized spacial score (nSPS) is 15.0. The molecule has 130 valence electrons. The number of hydrogen-bond donors (Lipinski definition) is 0. The smallest absolute Gasteiger partial charge is 0.234 e. The van der Waals surface area contributed by atoms with Crippen molar-refractivity contribution in [3.63, 3.8) is 0 Å². The maximum absolute atomic E-state index is 13.2. The lowest BCUT2D eigenvalue weighted by Gasteiger charge is -2.24. The molecule has 1 aliphatic rings. The Morgan fingerprint density at radius 1 is 0.654 bits per heavy atom. The van der Waals surface area contributed by atoms with E-state index in [0.717, 1.165) is 37.1 Å². The highest BCUT2D eigenvalue weighted by atomic mass is 16.2. The van der Waals surface area contributed by atoms with Gasteiger partial charge in [-0.3, -0.25) is 4.79 Å². The number of likely N-dealkylation sites (tertiary alicyclic amines) is 1. The van der Waals surface area contributed by atoms with Gasteiger partial charge < -0.3 is 4.90 Å². The van der Waals surface area contributed by atoms with Crippen LogP contribution in [0, 0.1) is 0 Å². The monoisotopic (exact) mass is 341 g/mol. The summed E-state index contributed by atoms with van der Waals surface area (Å²) in [5.74, 6) is 0.000263. The van der Waals surface area contributed by atoms with E-state index in [4.69, 9.17) is 0 Å². The van der Waals surface area contributed by atoms with Crippen LogP contribution in [0.2, 0.25) is 0 Å². The highest BCUT2D eigenvalue weighted by molar-refractivity contribution is 5.87. The minimum atomic E-state index is -0.223. The van der Waals surface area contributed by atoms with Crippen molar-refractivity contribution in [3.05, 3.63) is 96.1 Å². The summed E-state index contributed by atoms with van der Waals surface area (Å²) in [6, 6.07) is 28.9. The molecule has 1 amide bonds. The molecular formula is C24H23NO. The molecule has 2 nitrogen and oxygen atoms in total. The van der Waals surface area contributed by atoms with E-state index in [9.17, 15) is 4.79 Å². The van der Waals surface area contributed by atoms with E-state index < -0.39 is 0 Å². The molecule has 1 fully saturated rings. The van der Waals surface area contributed by atoms with E-state index >= 15 is 0 Å². The first-order valence-corrected chi connectivity index (χ1v) is 9.32. The van der Waals surface area contributed by atoms with E-state index in [2.05, 4.69) is 48.5 Å². The van der Waals surface area contributed by atoms with Crippen molar-refractivity contribution in [2.45, 2.75) is 18.8 Å². The van der Waals surface area contributed by atoms with Gasteiger partial charge in [0.15, 0.2) is 0 Å². The second kappa shape index (κ2) is 7.57. The van der Waals surface area contributed by atoms with E-state index in [0.29, 0.717) is 0 Å². The quantitative estimate of drug-likeness (QED) is 0.646. The van der Waals surface area contributed by atoms with Gasteiger partial charge in [-0.05, 0) is 35.1 Å². The number of hydrogen-bond acceptors (Lipinski definition) is 1. The average Bonchev–Trinajstić information content (AvgIpc) is 3.25. The van der Waals surface area contributed by atoms with E-state index in [1.54, 1.807) is 0 Å². The molecular weight excluding hydrogens is 318 g/mol. The largest absolute Gasteiger partial charge is 0.342 e. The third-order valence-electron chi connectivity index (χ3n) is 5.15. The van der Waals surface area contributed by atoms with Crippen molar-refractivity contribution >= 4 is 5.91 Å². The van der Waals surface area contributed by atoms with Gasteiger partial charge >= 0.3 is 0 Å². The van der Waals surface area contributed by atoms with Gasteiger partial charge in [-0.1, -0.05) is 84.9 Å². The zero-order chi connectivity index (χ0) is 17.8. The topological polar surface area (TPSA) is 20.3 Å². The van der Waals surface area contributed by atoms with Gasteiger partial charge in [-0.25, -0.2) is 0 Å². The van der Waals surface area contributed by atoms with Crippen LogP contribution in [-0.4, -0.2) is 23.9 Å². The first kappa shape index (κ1) is 16.6. The van der Waals surface area contributed by atoms with Crippen LogP contribution in [0.15, 0.2) is 84.9 Å². The molecule has 1 unspecified atom stereocenters. The number of nitrogens with zero attached hydrogens (tertiary/aromatic N) is 1. The van der Waals surface area contributed by atoms with E-state index in [-0.39, 0.29) is 11.8 Å². The Morgan fingerprint density at radius 3 is 1.77 bits per heavy atom. The minimum Gasteiger partial charge on any atom is -0.342 e. The molecule has 1 atom stereocenters. The molecule has 0 radical (unpaired) electrons. The summed E-state index contributed by atoms with van der Waals surface area (Å²) in [4.78, 5) is 15.2. The zero-order valence-electron chi connectivity index (χ0n) is 14.8. The van der Waals surface area contributed by atoms with Crippen LogP contribution in [0.3, 0.4) is 0 Å². The summed E-state index contributed by atoms with van der Waals surface area (Å²) in [6.45, 7) is 1.76. The fourth-order valence-electron chi connectivity index (χ4n) is 3.74. The highest BCUT2D eigenvalue weighted by Gasteiger charge is 2.29. The fourth-order valence-corrected chi connectivity index (χ4v) is 3.74. The molecule has 1 saturated heterocycles. The third-order valence-corrected chi connectivity index (χ3v) is 5.15. The first-order chi connectivity index (χ1) is 12.8. The summed E-state index contributed by atoms with van der Waals surface area (Å²) < 4.78 is 0. The molecule has 2 heteroatoms. The van der Waals surface area contributed by atoms with Crippen molar-refractivity contribution in [2.75, 3.05) is 13.1 Å². The van der Waals surface area contributed by atoms with Gasteiger partial charge in [-0.2, -0.15) is 0 Å². The summed E-state index contributed by atoms with van der Waals surface area (Å²) in [7, 11) is 0. The summed E-state index contributed by atoms with van der Waals surface area (Å²) in [6.07, 6.45) is 2.22. The second-order valence-corrected chi connectivity index (χ2v) is 6.86. The second-order valence-electron chi connectivity index (χ2n) is 6.86. The molecule has 1 aliphatic heterocycles. The van der Waals surface area contributed by atoms with Crippen molar-refractivity contribution in [1.29, 1.82) is 0 Å². The van der Waals surface area contributed by atoms with Crippen molar-refractivity contribution in [3.8, 4) is 11.1 Å². The van der Waals surface area contributed by atoms with Crippen LogP contribution in [0.25, 0.3) is 11.1 Å². The van der Waals surface area contributed by atoms with Crippen molar-refractivity contribution in [2.24, 2.45) is 0 Å². The van der Waals surface area contributed by atoms with Gasteiger partial charge in [0.25, 0.3) is 0 Å². The Labute approximate surface area is 155 Å². The molecule has 0 spiro atoms. The Hall–Kier alpha value is -2.87. The molecule has 0 aliphatic carbocycles. The van der Waals surface area contributed by atoms with Crippen LogP contribution >= 0.6 is 0 Å².